The molecule has 3 aromatic carbocycles. The molecule has 0 aliphatic carbocycles. The van der Waals surface area contributed by atoms with Gasteiger partial charge in [0.05, 0.1) is 20.6 Å². The summed E-state index contributed by atoms with van der Waals surface area (Å²) in [5.74, 6) is 0.825. The normalized spacial score (nSPS) is 10.5. The molecule has 0 spiro atoms. The minimum Gasteiger partial charge on any atom is -0.457 e. The molecule has 6 heteroatoms. The van der Waals surface area contributed by atoms with Gasteiger partial charge in [0.15, 0.2) is 0 Å². The zero-order valence-corrected chi connectivity index (χ0v) is 17.9. The number of hydrogen-bond acceptors (Lipinski definition) is 3. The summed E-state index contributed by atoms with van der Waals surface area (Å²) in [4.78, 5) is 25.8. The monoisotopic (exact) mass is 418 g/mol. The summed E-state index contributed by atoms with van der Waals surface area (Å²) in [7, 11) is 4.18. The molecule has 2 amide bonds. The summed E-state index contributed by atoms with van der Waals surface area (Å²) in [6.07, 6.45) is 0. The molecule has 0 atom stereocenters. The van der Waals surface area contributed by atoms with Crippen LogP contribution in [0.2, 0.25) is 0 Å². The van der Waals surface area contributed by atoms with Crippen molar-refractivity contribution in [2.75, 3.05) is 20.6 Å². The van der Waals surface area contributed by atoms with E-state index in [4.69, 9.17) is 4.74 Å². The molecule has 160 valence electrons. The van der Waals surface area contributed by atoms with Crippen LogP contribution in [0.25, 0.3) is 0 Å². The molecule has 0 unspecified atom stereocenters. The van der Waals surface area contributed by atoms with Crippen molar-refractivity contribution in [2.24, 2.45) is 0 Å². The zero-order chi connectivity index (χ0) is 22.1. The van der Waals surface area contributed by atoms with Gasteiger partial charge < -0.3 is 20.3 Å². The fraction of sp³-hybridized carbons (Fsp3) is 0.200. The molecule has 0 aliphatic heterocycles. The minimum atomic E-state index is -0.307. The maximum absolute atomic E-state index is 12.3. The van der Waals surface area contributed by atoms with Crippen LogP contribution in [0.15, 0.2) is 78.9 Å². The molecular weight excluding hydrogens is 390 g/mol. The van der Waals surface area contributed by atoms with Crippen LogP contribution >= 0.6 is 0 Å². The number of para-hydroxylation sites is 1. The molecule has 0 saturated heterocycles. The number of quaternary nitrogens is 1. The first-order valence-electron chi connectivity index (χ1n) is 10.2. The maximum atomic E-state index is 12.3. The first-order valence-corrected chi connectivity index (χ1v) is 10.2. The highest BCUT2D eigenvalue weighted by Gasteiger charge is 2.10. The number of carbonyl (C=O) groups excluding carboxylic acids is 2. The van der Waals surface area contributed by atoms with E-state index in [0.29, 0.717) is 17.9 Å². The molecule has 0 radical (unpaired) electrons. The second-order valence-corrected chi connectivity index (χ2v) is 7.55. The van der Waals surface area contributed by atoms with Gasteiger partial charge in [0.1, 0.15) is 18.0 Å². The van der Waals surface area contributed by atoms with E-state index in [1.54, 1.807) is 24.3 Å². The number of carbonyl (C=O) groups is 2. The van der Waals surface area contributed by atoms with Gasteiger partial charge in [-0.15, -0.1) is 0 Å². The van der Waals surface area contributed by atoms with Gasteiger partial charge in [-0.3, -0.25) is 9.59 Å². The van der Waals surface area contributed by atoms with Crippen LogP contribution in [-0.4, -0.2) is 32.5 Å². The fourth-order valence-corrected chi connectivity index (χ4v) is 3.10. The average molecular weight is 419 g/mol. The number of benzene rings is 3. The van der Waals surface area contributed by atoms with Crippen LogP contribution in [0, 0.1) is 0 Å². The Morgan fingerprint density at radius 3 is 2.06 bits per heavy atom. The third-order valence-corrected chi connectivity index (χ3v) is 4.64. The fourth-order valence-electron chi connectivity index (χ4n) is 3.10. The van der Waals surface area contributed by atoms with Gasteiger partial charge in [0.2, 0.25) is 5.91 Å². The number of rotatable bonds is 9. The Hall–Kier alpha value is -3.64. The van der Waals surface area contributed by atoms with Gasteiger partial charge in [-0.1, -0.05) is 42.5 Å². The molecular formula is C25H28N3O3+. The summed E-state index contributed by atoms with van der Waals surface area (Å²) < 4.78 is 5.72. The maximum Gasteiger partial charge on any atom is 0.251 e. The van der Waals surface area contributed by atoms with E-state index in [1.807, 2.05) is 48.5 Å². The van der Waals surface area contributed by atoms with Crippen molar-refractivity contribution >= 4 is 11.8 Å². The lowest BCUT2D eigenvalue weighted by Crippen LogP contribution is -3.04. The predicted molar refractivity (Wildman–Crippen MR) is 120 cm³/mol. The molecule has 6 nitrogen and oxygen atoms in total. The van der Waals surface area contributed by atoms with Gasteiger partial charge in [0, 0.05) is 17.7 Å². The van der Waals surface area contributed by atoms with Gasteiger partial charge in [-0.25, -0.2) is 0 Å². The third-order valence-electron chi connectivity index (χ3n) is 4.64. The minimum absolute atomic E-state index is 0.0812. The van der Waals surface area contributed by atoms with Crippen molar-refractivity contribution in [1.29, 1.82) is 0 Å². The highest BCUT2D eigenvalue weighted by atomic mass is 16.5. The molecule has 0 fully saturated rings. The van der Waals surface area contributed by atoms with Crippen LogP contribution in [0.5, 0.6) is 11.5 Å². The van der Waals surface area contributed by atoms with Crippen molar-refractivity contribution in [3.63, 3.8) is 0 Å². The van der Waals surface area contributed by atoms with Crippen LogP contribution in [0.1, 0.15) is 21.5 Å². The lowest BCUT2D eigenvalue weighted by Gasteiger charge is -2.13. The van der Waals surface area contributed by atoms with E-state index >= 15 is 0 Å². The standard InChI is InChI=1S/C25H27N3O3/c1-28(2)18-21-9-7-6-8-20(21)16-26-24(29)17-27-25(30)19-12-14-23(15-13-19)31-22-10-4-3-5-11-22/h3-15H,16-18H2,1-2H3,(H,26,29)(H,27,30)/p+1. The summed E-state index contributed by atoms with van der Waals surface area (Å²) in [5.41, 5.74) is 2.74. The smallest absolute Gasteiger partial charge is 0.251 e. The van der Waals surface area contributed by atoms with Crippen LogP contribution in [-0.2, 0) is 17.9 Å². The van der Waals surface area contributed by atoms with E-state index in [1.165, 1.54) is 10.5 Å². The highest BCUT2D eigenvalue weighted by Crippen LogP contribution is 2.21. The Morgan fingerprint density at radius 2 is 1.39 bits per heavy atom. The lowest BCUT2D eigenvalue weighted by molar-refractivity contribution is -0.872. The molecule has 0 aliphatic rings. The van der Waals surface area contributed by atoms with Crippen molar-refractivity contribution < 1.29 is 19.2 Å². The van der Waals surface area contributed by atoms with E-state index in [0.717, 1.165) is 17.9 Å². The van der Waals surface area contributed by atoms with Crippen LogP contribution in [0.3, 0.4) is 0 Å². The Morgan fingerprint density at radius 1 is 0.774 bits per heavy atom. The van der Waals surface area contributed by atoms with Crippen molar-refractivity contribution in [1.82, 2.24) is 10.6 Å². The first-order chi connectivity index (χ1) is 15.0. The summed E-state index contributed by atoms with van der Waals surface area (Å²) in [6.45, 7) is 1.23. The van der Waals surface area contributed by atoms with Gasteiger partial charge in [-0.05, 0) is 42.0 Å². The average Bonchev–Trinajstić information content (AvgIpc) is 2.77. The first kappa shape index (κ1) is 22.1. The number of ether oxygens (including phenoxy) is 1. The summed E-state index contributed by atoms with van der Waals surface area (Å²) in [5, 5.41) is 5.53. The highest BCUT2D eigenvalue weighted by molar-refractivity contribution is 5.96. The molecule has 0 aromatic heterocycles. The van der Waals surface area contributed by atoms with E-state index in [-0.39, 0.29) is 18.4 Å². The SMILES string of the molecule is C[NH+](C)Cc1ccccc1CNC(=O)CNC(=O)c1ccc(Oc2ccccc2)cc1. The van der Waals surface area contributed by atoms with Gasteiger partial charge >= 0.3 is 0 Å². The van der Waals surface area contributed by atoms with Gasteiger partial charge in [-0.2, -0.15) is 0 Å². The quantitative estimate of drug-likeness (QED) is 0.499. The Balaban J connectivity index is 1.46. The third kappa shape index (κ3) is 6.97. The molecule has 0 heterocycles. The molecule has 0 saturated carbocycles. The summed E-state index contributed by atoms with van der Waals surface area (Å²) >= 11 is 0. The lowest BCUT2D eigenvalue weighted by atomic mass is 10.1. The second-order valence-electron chi connectivity index (χ2n) is 7.55. The van der Waals surface area contributed by atoms with E-state index < -0.39 is 0 Å². The number of nitrogens with one attached hydrogen (secondary N) is 3. The van der Waals surface area contributed by atoms with Gasteiger partial charge in [0.25, 0.3) is 5.91 Å². The predicted octanol–water partition coefficient (Wildman–Crippen LogP) is 2.17. The molecule has 3 aromatic rings. The molecule has 31 heavy (non-hydrogen) atoms. The van der Waals surface area contributed by atoms with Crippen molar-refractivity contribution in [3.05, 3.63) is 95.6 Å². The molecule has 0 bridgehead atoms. The summed E-state index contributed by atoms with van der Waals surface area (Å²) in [6, 6.07) is 24.3. The Kier molecular flexibility index (Phi) is 7.79. The largest absolute Gasteiger partial charge is 0.457 e. The molecule has 3 N–H and O–H groups in total. The van der Waals surface area contributed by atoms with E-state index in [2.05, 4.69) is 30.8 Å². The molecule has 3 rings (SSSR count). The topological polar surface area (TPSA) is 71.9 Å². The number of amides is 2. The van der Waals surface area contributed by atoms with E-state index in [9.17, 15) is 9.59 Å². The van der Waals surface area contributed by atoms with Crippen molar-refractivity contribution in [3.8, 4) is 11.5 Å². The van der Waals surface area contributed by atoms with Crippen LogP contribution < -0.4 is 20.3 Å². The Bertz CT molecular complexity index is 1000. The second kappa shape index (κ2) is 10.9. The Labute approximate surface area is 182 Å². The van der Waals surface area contributed by atoms with Crippen molar-refractivity contribution in [2.45, 2.75) is 13.1 Å². The van der Waals surface area contributed by atoms with Crippen LogP contribution in [0.4, 0.5) is 0 Å². The zero-order valence-electron chi connectivity index (χ0n) is 17.9. The number of hydrogen-bond donors (Lipinski definition) is 3.